The third-order valence-corrected chi connectivity index (χ3v) is 2.99. The molecular weight excluding hydrogens is 296 g/mol. The Morgan fingerprint density at radius 1 is 1.43 bits per heavy atom. The van der Waals surface area contributed by atoms with Gasteiger partial charge in [0.15, 0.2) is 23.9 Å². The van der Waals surface area contributed by atoms with Crippen molar-refractivity contribution in [2.24, 2.45) is 0 Å². The summed E-state index contributed by atoms with van der Waals surface area (Å²) in [4.78, 5) is 15.0. The van der Waals surface area contributed by atoms with Crippen LogP contribution in [0.3, 0.4) is 0 Å². The Morgan fingerprint density at radius 2 is 2.24 bits per heavy atom. The fraction of sp³-hybridized carbons (Fsp3) is 0.357. The highest BCUT2D eigenvalue weighted by atomic mass is 35.5. The topological polar surface area (TPSA) is 74.5 Å². The number of aryl methyl sites for hydroxylation is 1. The van der Waals surface area contributed by atoms with Crippen molar-refractivity contribution < 1.29 is 18.8 Å². The molecule has 0 unspecified atom stereocenters. The number of nitrogens with zero attached hydrogens (tertiary/aromatic N) is 2. The van der Waals surface area contributed by atoms with Crippen LogP contribution in [0.2, 0.25) is 5.02 Å². The highest BCUT2D eigenvalue weighted by Gasteiger charge is 2.14. The zero-order valence-electron chi connectivity index (χ0n) is 11.8. The normalized spacial score (nSPS) is 10.4. The van der Waals surface area contributed by atoms with Gasteiger partial charge in [-0.15, -0.1) is 0 Å². The first kappa shape index (κ1) is 15.3. The molecule has 0 aliphatic carbocycles. The monoisotopic (exact) mass is 310 g/mol. The first-order valence-electron chi connectivity index (χ1n) is 6.44. The van der Waals surface area contributed by atoms with E-state index in [0.717, 1.165) is 12.8 Å². The Labute approximate surface area is 127 Å². The van der Waals surface area contributed by atoms with Crippen LogP contribution < -0.4 is 9.47 Å². The van der Waals surface area contributed by atoms with Gasteiger partial charge in [-0.2, -0.15) is 4.98 Å². The fourth-order valence-electron chi connectivity index (χ4n) is 1.76. The van der Waals surface area contributed by atoms with Crippen LogP contribution in [0.1, 0.15) is 35.4 Å². The van der Waals surface area contributed by atoms with E-state index in [2.05, 4.69) is 10.1 Å². The summed E-state index contributed by atoms with van der Waals surface area (Å²) in [7, 11) is 1.47. The molecule has 1 heterocycles. The first-order chi connectivity index (χ1) is 10.2. The lowest BCUT2D eigenvalue weighted by Gasteiger charge is -2.11. The van der Waals surface area contributed by atoms with Crippen molar-refractivity contribution in [1.29, 1.82) is 0 Å². The lowest BCUT2D eigenvalue weighted by molar-refractivity contribution is 0.112. The van der Waals surface area contributed by atoms with Gasteiger partial charge < -0.3 is 14.0 Å². The number of benzene rings is 1. The molecule has 1 aromatic carbocycles. The summed E-state index contributed by atoms with van der Waals surface area (Å²) in [6.07, 6.45) is 2.38. The maximum absolute atomic E-state index is 10.8. The second-order valence-corrected chi connectivity index (χ2v) is 4.70. The number of methoxy groups -OCH3 is 1. The molecule has 2 rings (SSSR count). The molecule has 7 heteroatoms. The Morgan fingerprint density at radius 3 is 2.90 bits per heavy atom. The van der Waals surface area contributed by atoms with Gasteiger partial charge in [0.1, 0.15) is 6.29 Å². The largest absolute Gasteiger partial charge is 0.493 e. The molecule has 0 bridgehead atoms. The molecule has 21 heavy (non-hydrogen) atoms. The molecular formula is C14H15ClN2O4. The zero-order valence-corrected chi connectivity index (χ0v) is 12.5. The third kappa shape index (κ3) is 3.72. The average molecular weight is 311 g/mol. The summed E-state index contributed by atoms with van der Waals surface area (Å²) in [5, 5.41) is 4.12. The highest BCUT2D eigenvalue weighted by molar-refractivity contribution is 6.32. The van der Waals surface area contributed by atoms with Crippen molar-refractivity contribution in [1.82, 2.24) is 10.1 Å². The molecule has 0 saturated heterocycles. The molecule has 0 aliphatic rings. The number of ether oxygens (including phenoxy) is 2. The van der Waals surface area contributed by atoms with Gasteiger partial charge in [0, 0.05) is 12.0 Å². The number of halogens is 1. The van der Waals surface area contributed by atoms with Crippen molar-refractivity contribution in [3.63, 3.8) is 0 Å². The SMILES string of the molecule is CCCc1noc(COc2c(Cl)cc(C=O)cc2OC)n1. The van der Waals surface area contributed by atoms with Gasteiger partial charge in [-0.25, -0.2) is 0 Å². The van der Waals surface area contributed by atoms with Gasteiger partial charge in [-0.1, -0.05) is 23.7 Å². The number of aromatic nitrogens is 2. The Hall–Kier alpha value is -2.08. The summed E-state index contributed by atoms with van der Waals surface area (Å²) in [6, 6.07) is 3.05. The van der Waals surface area contributed by atoms with Gasteiger partial charge in [0.05, 0.1) is 12.1 Å². The Kier molecular flexibility index (Phi) is 5.16. The third-order valence-electron chi connectivity index (χ3n) is 2.71. The molecule has 112 valence electrons. The van der Waals surface area contributed by atoms with Crippen LogP contribution in [0, 0.1) is 0 Å². The van der Waals surface area contributed by atoms with E-state index in [1.807, 2.05) is 6.92 Å². The number of hydrogen-bond acceptors (Lipinski definition) is 6. The van der Waals surface area contributed by atoms with E-state index in [9.17, 15) is 4.79 Å². The Bertz CT molecular complexity index is 627. The van der Waals surface area contributed by atoms with Gasteiger partial charge in [-0.3, -0.25) is 4.79 Å². The first-order valence-corrected chi connectivity index (χ1v) is 6.82. The van der Waals surface area contributed by atoms with E-state index in [4.69, 9.17) is 25.6 Å². The Balaban J connectivity index is 2.13. The van der Waals surface area contributed by atoms with Gasteiger partial charge >= 0.3 is 0 Å². The molecule has 0 atom stereocenters. The number of hydrogen-bond donors (Lipinski definition) is 0. The summed E-state index contributed by atoms with van der Waals surface area (Å²) in [5.74, 6) is 1.71. The standard InChI is InChI=1S/C14H15ClN2O4/c1-3-4-12-16-13(21-17-12)8-20-14-10(15)5-9(7-18)6-11(14)19-2/h5-7H,3-4,8H2,1-2H3. The van der Waals surface area contributed by atoms with Crippen LogP contribution in [-0.2, 0) is 13.0 Å². The van der Waals surface area contributed by atoms with Gasteiger partial charge in [0.25, 0.3) is 5.89 Å². The van der Waals surface area contributed by atoms with Gasteiger partial charge in [-0.05, 0) is 18.6 Å². The minimum atomic E-state index is 0.0766. The minimum Gasteiger partial charge on any atom is -0.493 e. The van der Waals surface area contributed by atoms with E-state index >= 15 is 0 Å². The van der Waals surface area contributed by atoms with Crippen LogP contribution in [0.25, 0.3) is 0 Å². The molecule has 0 spiro atoms. The smallest absolute Gasteiger partial charge is 0.264 e. The van der Waals surface area contributed by atoms with E-state index < -0.39 is 0 Å². The lowest BCUT2D eigenvalue weighted by atomic mass is 10.2. The molecule has 0 aliphatic heterocycles. The molecule has 0 saturated carbocycles. The highest BCUT2D eigenvalue weighted by Crippen LogP contribution is 2.36. The van der Waals surface area contributed by atoms with E-state index in [1.54, 1.807) is 6.07 Å². The summed E-state index contributed by atoms with van der Waals surface area (Å²) < 4.78 is 15.8. The van der Waals surface area contributed by atoms with Crippen LogP contribution in [-0.4, -0.2) is 23.5 Å². The number of carbonyl (C=O) groups excluding carboxylic acids is 1. The van der Waals surface area contributed by atoms with E-state index in [1.165, 1.54) is 13.2 Å². The van der Waals surface area contributed by atoms with Gasteiger partial charge in [0.2, 0.25) is 0 Å². The van der Waals surface area contributed by atoms with Crippen LogP contribution in [0.4, 0.5) is 0 Å². The zero-order chi connectivity index (χ0) is 15.2. The molecule has 0 fully saturated rings. The van der Waals surface area contributed by atoms with Crippen LogP contribution in [0.5, 0.6) is 11.5 Å². The summed E-state index contributed by atoms with van der Waals surface area (Å²) >= 11 is 6.08. The van der Waals surface area contributed by atoms with E-state index in [0.29, 0.717) is 35.1 Å². The lowest BCUT2D eigenvalue weighted by Crippen LogP contribution is -2.00. The van der Waals surface area contributed by atoms with E-state index in [-0.39, 0.29) is 11.6 Å². The van der Waals surface area contributed by atoms with Crippen molar-refractivity contribution in [2.75, 3.05) is 7.11 Å². The van der Waals surface area contributed by atoms with Crippen molar-refractivity contribution in [2.45, 2.75) is 26.4 Å². The second kappa shape index (κ2) is 7.08. The molecule has 0 amide bonds. The molecule has 6 nitrogen and oxygen atoms in total. The summed E-state index contributed by atoms with van der Waals surface area (Å²) in [5.41, 5.74) is 0.409. The number of carbonyl (C=O) groups is 1. The van der Waals surface area contributed by atoms with Crippen molar-refractivity contribution >= 4 is 17.9 Å². The summed E-state index contributed by atoms with van der Waals surface area (Å²) in [6.45, 7) is 2.11. The molecule has 0 N–H and O–H groups in total. The quantitative estimate of drug-likeness (QED) is 0.732. The minimum absolute atomic E-state index is 0.0766. The number of aldehydes is 1. The maximum Gasteiger partial charge on any atom is 0.264 e. The predicted molar refractivity (Wildman–Crippen MR) is 76.0 cm³/mol. The van der Waals surface area contributed by atoms with Crippen molar-refractivity contribution in [3.8, 4) is 11.5 Å². The molecule has 2 aromatic rings. The van der Waals surface area contributed by atoms with Crippen LogP contribution >= 0.6 is 11.6 Å². The molecule has 1 aromatic heterocycles. The fourth-order valence-corrected chi connectivity index (χ4v) is 2.03. The maximum atomic E-state index is 10.8. The second-order valence-electron chi connectivity index (χ2n) is 4.29. The van der Waals surface area contributed by atoms with Crippen molar-refractivity contribution in [3.05, 3.63) is 34.4 Å². The average Bonchev–Trinajstić information content (AvgIpc) is 2.93. The number of rotatable bonds is 7. The predicted octanol–water partition coefficient (Wildman–Crippen LogP) is 3.08. The molecule has 0 radical (unpaired) electrons. The van der Waals surface area contributed by atoms with Crippen LogP contribution in [0.15, 0.2) is 16.7 Å².